The van der Waals surface area contributed by atoms with E-state index in [9.17, 15) is 53.4 Å². The Balaban J connectivity index is 1.37. The first-order valence-electron chi connectivity index (χ1n) is 26.2. The minimum Gasteiger partial charge on any atom is -0.508 e. The number of aliphatic hydroxyl groups is 1. The smallest absolute Gasteiger partial charge is 0.245 e. The molecule has 8 unspecified atom stereocenters. The molecule has 8 amide bonds. The lowest BCUT2D eigenvalue weighted by atomic mass is 9.98. The molecule has 25 heteroatoms. The van der Waals surface area contributed by atoms with Crippen molar-refractivity contribution in [2.24, 2.45) is 28.3 Å². The summed E-state index contributed by atoms with van der Waals surface area (Å²) in [6, 6.07) is 3.01. The Morgan fingerprint density at radius 2 is 1.23 bits per heavy atom. The van der Waals surface area contributed by atoms with Crippen LogP contribution in [0, 0.1) is 11.8 Å². The highest BCUT2D eigenvalue weighted by Crippen LogP contribution is 2.20. The van der Waals surface area contributed by atoms with E-state index in [1.807, 2.05) is 45.9 Å². The average Bonchev–Trinajstić information content (AvgIpc) is 4.17. The minimum atomic E-state index is -1.72. The highest BCUT2D eigenvalue weighted by molar-refractivity contribution is 5.99. The summed E-state index contributed by atoms with van der Waals surface area (Å²) in [5.74, 6) is -6.59. The van der Waals surface area contributed by atoms with Crippen LogP contribution in [-0.4, -0.2) is 142 Å². The first kappa shape index (κ1) is 60.6. The van der Waals surface area contributed by atoms with Crippen LogP contribution in [-0.2, 0) is 56.0 Å². The molecule has 8 atom stereocenters. The van der Waals surface area contributed by atoms with Crippen LogP contribution in [0.15, 0.2) is 71.6 Å². The van der Waals surface area contributed by atoms with Gasteiger partial charge >= 0.3 is 0 Å². The normalized spacial score (nSPS) is 16.6. The van der Waals surface area contributed by atoms with Crippen molar-refractivity contribution in [2.45, 2.75) is 141 Å². The molecule has 0 saturated carbocycles. The van der Waals surface area contributed by atoms with E-state index in [0.717, 1.165) is 10.9 Å². The van der Waals surface area contributed by atoms with E-state index in [0.29, 0.717) is 29.9 Å². The summed E-state index contributed by atoms with van der Waals surface area (Å²) < 4.78 is 0. The number of carbonyl (C=O) groups is 9. The number of guanidine groups is 1. The largest absolute Gasteiger partial charge is 0.508 e. The lowest BCUT2D eigenvalue weighted by Crippen LogP contribution is -2.61. The molecular weight excluding hydrogens is 1010 g/mol. The number of amides is 8. The maximum atomic E-state index is 14.5. The maximum absolute atomic E-state index is 14.5. The summed E-state index contributed by atoms with van der Waals surface area (Å²) >= 11 is 0. The van der Waals surface area contributed by atoms with E-state index < -0.39 is 96.3 Å². The fourth-order valence-electron chi connectivity index (χ4n) is 8.95. The number of fused-ring (bicyclic) bond motifs is 1. The summed E-state index contributed by atoms with van der Waals surface area (Å²) in [5, 5.41) is 48.9. The molecule has 1 fully saturated rings. The van der Waals surface area contributed by atoms with E-state index in [1.165, 1.54) is 31.2 Å². The van der Waals surface area contributed by atoms with Gasteiger partial charge in [0, 0.05) is 61.2 Å². The summed E-state index contributed by atoms with van der Waals surface area (Å²) in [7, 11) is 0. The molecule has 424 valence electrons. The fraction of sp³-hybridized carbons (Fsp3) is 0.509. The lowest BCUT2D eigenvalue weighted by Gasteiger charge is -2.28. The number of H-pyrrole nitrogens is 1. The zero-order valence-corrected chi connectivity index (χ0v) is 44.7. The first-order valence-corrected chi connectivity index (χ1v) is 26.2. The van der Waals surface area contributed by atoms with Gasteiger partial charge in [-0.15, -0.1) is 0 Å². The molecule has 1 aromatic heterocycles. The number of para-hydroxylation sites is 1. The van der Waals surface area contributed by atoms with Crippen molar-refractivity contribution in [3.8, 4) is 5.75 Å². The molecule has 3 heterocycles. The van der Waals surface area contributed by atoms with Gasteiger partial charge in [-0.3, -0.25) is 48.1 Å². The van der Waals surface area contributed by atoms with Crippen LogP contribution >= 0.6 is 0 Å². The molecule has 0 aliphatic carbocycles. The Labute approximate surface area is 452 Å². The quantitative estimate of drug-likeness (QED) is 0.0204. The number of aromatic nitrogens is 1. The van der Waals surface area contributed by atoms with Crippen molar-refractivity contribution < 1.29 is 53.4 Å². The third-order valence-corrected chi connectivity index (χ3v) is 13.1. The minimum absolute atomic E-state index is 0.0302. The molecule has 0 radical (unpaired) electrons. The van der Waals surface area contributed by atoms with Crippen LogP contribution in [0.4, 0.5) is 0 Å². The van der Waals surface area contributed by atoms with Gasteiger partial charge in [0.1, 0.15) is 48.0 Å². The van der Waals surface area contributed by atoms with Crippen molar-refractivity contribution in [3.63, 3.8) is 0 Å². The predicted octanol–water partition coefficient (Wildman–Crippen LogP) is -1.56. The van der Waals surface area contributed by atoms with E-state index >= 15 is 0 Å². The number of hydrogen-bond donors (Lipinski definition) is 15. The number of benzene rings is 2. The summed E-state index contributed by atoms with van der Waals surface area (Å²) in [5.41, 5.74) is 13.2. The molecule has 78 heavy (non-hydrogen) atoms. The number of rotatable bonds is 30. The number of nitrogens with zero attached hydrogens (tertiary/aromatic N) is 1. The Hall–Kier alpha value is -8.22. The highest BCUT2D eigenvalue weighted by atomic mass is 16.3. The van der Waals surface area contributed by atoms with Gasteiger partial charge in [0.05, 0.1) is 19.3 Å². The number of aromatic amines is 1. The molecule has 1 saturated heterocycles. The number of hydrogen-bond acceptors (Lipinski definition) is 14. The van der Waals surface area contributed by atoms with Crippen LogP contribution in [0.1, 0.15) is 90.7 Å². The number of Topliss-reactive ketones (excluding diaryl/α,β-unsaturated/α-hetero) is 1. The topological polar surface area (TPSA) is 395 Å². The summed E-state index contributed by atoms with van der Waals surface area (Å²) in [6.45, 7) is 8.28. The fourth-order valence-corrected chi connectivity index (χ4v) is 8.95. The number of aromatic hydroxyl groups is 1. The summed E-state index contributed by atoms with van der Waals surface area (Å²) in [4.78, 5) is 131. The van der Waals surface area contributed by atoms with Gasteiger partial charge in [0.15, 0.2) is 11.7 Å². The van der Waals surface area contributed by atoms with Crippen molar-refractivity contribution in [3.05, 3.63) is 77.8 Å². The Bertz CT molecular complexity index is 2670. The number of ketones is 1. The van der Waals surface area contributed by atoms with Crippen molar-refractivity contribution in [2.75, 3.05) is 19.8 Å². The van der Waals surface area contributed by atoms with Gasteiger partial charge in [-0.05, 0) is 80.2 Å². The zero-order valence-electron chi connectivity index (χ0n) is 44.7. The number of nitrogens with two attached hydrogens (primary N) is 2. The second-order valence-electron chi connectivity index (χ2n) is 20.5. The molecule has 25 nitrogen and oxygen atoms in total. The van der Waals surface area contributed by atoms with Gasteiger partial charge in [-0.25, -0.2) is 0 Å². The number of aliphatic hydroxyl groups excluding tert-OH is 1. The van der Waals surface area contributed by atoms with Gasteiger partial charge in [0.2, 0.25) is 47.3 Å². The predicted molar refractivity (Wildman–Crippen MR) is 289 cm³/mol. The number of carbonyl (C=O) groups excluding carboxylic acids is 9. The standard InChI is InChI=1S/C53H76N14O11/c1-28(2)19-39(47(73)61-36(30(5)69)11-8-18-57-53(54)55)62-48(74)40(20-29(3)4)63-49(75)41(21-31-12-14-34(70)15-13-31)64-52(78)44(26-68)67-50(76)42(22-32-24-58-37-10-7-6-9-35(32)37)65-51(77)43(23-33-25-56-27-59-33)66-46(72)38-16-17-45(71)60-38/h6-7,9-10,12-15,24-25,28-29,36,38-44,56,58-59,68,70H,8,11,16-23,26-27H2,1-5H3,(H,60,71)(H,61,73)(H,62,74)(H,63,75)(H,64,78)(H,65,77)(H,66,72)(H,67,76)(H4,54,55,57). The molecule has 3 aromatic rings. The molecular formula is C53H76N14O11. The average molecular weight is 1090 g/mol. The molecule has 0 bridgehead atoms. The molecule has 17 N–H and O–H groups in total. The van der Waals surface area contributed by atoms with Gasteiger partial charge < -0.3 is 79.8 Å². The van der Waals surface area contributed by atoms with Crippen LogP contribution in [0.3, 0.4) is 0 Å². The Morgan fingerprint density at radius 3 is 1.77 bits per heavy atom. The van der Waals surface area contributed by atoms with Gasteiger partial charge in [-0.1, -0.05) is 58.0 Å². The molecule has 5 rings (SSSR count). The zero-order chi connectivity index (χ0) is 57.1. The second kappa shape index (κ2) is 29.3. The van der Waals surface area contributed by atoms with Crippen molar-refractivity contribution in [1.29, 1.82) is 0 Å². The van der Waals surface area contributed by atoms with Crippen LogP contribution < -0.4 is 64.6 Å². The van der Waals surface area contributed by atoms with Crippen LogP contribution in [0.2, 0.25) is 0 Å². The monoisotopic (exact) mass is 1080 g/mol. The van der Waals surface area contributed by atoms with Gasteiger partial charge in [0.25, 0.3) is 0 Å². The molecule has 2 aliphatic rings. The summed E-state index contributed by atoms with van der Waals surface area (Å²) in [6.07, 6.45) is 4.15. The van der Waals surface area contributed by atoms with E-state index in [2.05, 4.69) is 63.1 Å². The highest BCUT2D eigenvalue weighted by Gasteiger charge is 2.36. The number of phenolic OH excluding ortho intramolecular Hbond substituents is 1. The van der Waals surface area contributed by atoms with Crippen LogP contribution in [0.25, 0.3) is 10.9 Å². The maximum Gasteiger partial charge on any atom is 0.245 e. The Morgan fingerprint density at radius 1 is 0.692 bits per heavy atom. The number of phenols is 1. The Kier molecular flexibility index (Phi) is 22.8. The lowest BCUT2D eigenvalue weighted by molar-refractivity contribution is -0.136. The second-order valence-corrected chi connectivity index (χ2v) is 20.5. The van der Waals surface area contributed by atoms with Crippen molar-refractivity contribution >= 4 is 69.9 Å². The molecule has 0 spiro atoms. The molecule has 2 aromatic carbocycles. The van der Waals surface area contributed by atoms with E-state index in [-0.39, 0.29) is 93.1 Å². The SMILES string of the molecule is CC(=O)C(CCCN=C(N)N)NC(=O)C(CC(C)C)NC(=O)C(CC(C)C)NC(=O)C(Cc1ccc(O)cc1)NC(=O)C(CO)NC(=O)C(Cc1c[nH]c2ccccc12)NC(=O)C(CC1=CNCN1)NC(=O)C1CCC(=O)N1. The molecule has 2 aliphatic heterocycles. The first-order chi connectivity index (χ1) is 37.1. The van der Waals surface area contributed by atoms with Gasteiger partial charge in [-0.2, -0.15) is 0 Å². The number of aliphatic imine (C=N–C) groups is 1. The number of nitrogens with one attached hydrogen (secondary N) is 11. The van der Waals surface area contributed by atoms with E-state index in [1.54, 1.807) is 18.5 Å². The van der Waals surface area contributed by atoms with Crippen molar-refractivity contribution in [1.82, 2.24) is 58.2 Å². The van der Waals surface area contributed by atoms with Crippen LogP contribution in [0.5, 0.6) is 5.75 Å². The third kappa shape index (κ3) is 18.8. The third-order valence-electron chi connectivity index (χ3n) is 13.1. The van der Waals surface area contributed by atoms with E-state index in [4.69, 9.17) is 11.5 Å².